The third-order valence-corrected chi connectivity index (χ3v) is 6.85. The van der Waals surface area contributed by atoms with Gasteiger partial charge in [-0.1, -0.05) is 18.2 Å². The number of rotatable bonds is 9. The van der Waals surface area contributed by atoms with Gasteiger partial charge in [-0.15, -0.1) is 0 Å². The molecular weight excluding hydrogens is 446 g/mol. The van der Waals surface area contributed by atoms with Gasteiger partial charge in [0.2, 0.25) is 15.9 Å². The number of sulfonamides is 1. The zero-order valence-corrected chi connectivity index (χ0v) is 19.6. The first kappa shape index (κ1) is 24.5. The molecule has 10 heteroatoms. The lowest BCUT2D eigenvalue weighted by Gasteiger charge is -2.28. The molecule has 0 radical (unpaired) electrons. The molecule has 0 atom stereocenters. The average molecular weight is 476 g/mol. The summed E-state index contributed by atoms with van der Waals surface area (Å²) in [5, 5.41) is 2.73. The van der Waals surface area contributed by atoms with Gasteiger partial charge in [0.05, 0.1) is 30.4 Å². The summed E-state index contributed by atoms with van der Waals surface area (Å²) in [6, 6.07) is 11.0. The van der Waals surface area contributed by atoms with Crippen LogP contribution in [-0.4, -0.2) is 59.0 Å². The van der Waals surface area contributed by atoms with Gasteiger partial charge < -0.3 is 19.7 Å². The van der Waals surface area contributed by atoms with Gasteiger partial charge in [0.15, 0.2) is 11.5 Å². The summed E-state index contributed by atoms with van der Waals surface area (Å²) in [7, 11) is -0.769. The molecule has 33 heavy (non-hydrogen) atoms. The fourth-order valence-corrected chi connectivity index (χ4v) is 4.67. The first-order valence-electron chi connectivity index (χ1n) is 10.8. The van der Waals surface area contributed by atoms with Crippen molar-refractivity contribution in [2.24, 2.45) is 0 Å². The Hall–Kier alpha value is -3.11. The number of nitrogens with one attached hydrogen (secondary N) is 2. The molecule has 9 nitrogen and oxygen atoms in total. The number of amides is 2. The van der Waals surface area contributed by atoms with Crippen LogP contribution < -0.4 is 19.5 Å². The summed E-state index contributed by atoms with van der Waals surface area (Å²) < 4.78 is 37.7. The van der Waals surface area contributed by atoms with Crippen molar-refractivity contribution in [1.82, 2.24) is 9.62 Å². The first-order chi connectivity index (χ1) is 15.9. The second-order valence-corrected chi connectivity index (χ2v) is 9.38. The van der Waals surface area contributed by atoms with Crippen molar-refractivity contribution >= 4 is 27.5 Å². The number of ether oxygens (including phenoxy) is 2. The Kier molecular flexibility index (Phi) is 8.29. The number of benzene rings is 2. The van der Waals surface area contributed by atoms with E-state index >= 15 is 0 Å². The number of carbonyl (C=O) groups is 2. The van der Waals surface area contributed by atoms with Crippen LogP contribution in [0.2, 0.25) is 0 Å². The van der Waals surface area contributed by atoms with Crippen LogP contribution in [0.4, 0.5) is 5.69 Å². The fourth-order valence-electron chi connectivity index (χ4n) is 3.62. The molecule has 2 aromatic rings. The van der Waals surface area contributed by atoms with Crippen LogP contribution in [0.15, 0.2) is 47.4 Å². The molecule has 1 aliphatic heterocycles. The van der Waals surface area contributed by atoms with E-state index in [9.17, 15) is 18.0 Å². The molecule has 2 aromatic carbocycles. The SMILES string of the molecule is COc1cc(NC(=O)CCNS(=O)(=O)c2ccccc2)c(C(=O)N2CCCCC2)cc1OC. The molecule has 3 rings (SSSR count). The third kappa shape index (κ3) is 6.23. The molecule has 1 aliphatic rings. The number of likely N-dealkylation sites (tertiary alicyclic amines) is 1. The predicted octanol–water partition coefficient (Wildman–Crippen LogP) is 2.64. The highest BCUT2D eigenvalue weighted by molar-refractivity contribution is 7.89. The monoisotopic (exact) mass is 475 g/mol. The molecule has 0 aliphatic carbocycles. The number of hydrogen-bond acceptors (Lipinski definition) is 6. The Balaban J connectivity index is 1.72. The highest BCUT2D eigenvalue weighted by Gasteiger charge is 2.24. The molecule has 1 fully saturated rings. The maximum absolute atomic E-state index is 13.2. The lowest BCUT2D eigenvalue weighted by molar-refractivity contribution is -0.116. The second kappa shape index (κ2) is 11.2. The number of carbonyl (C=O) groups excluding carboxylic acids is 2. The minimum atomic E-state index is -3.71. The number of nitrogens with zero attached hydrogens (tertiary/aromatic N) is 1. The van der Waals surface area contributed by atoms with Crippen molar-refractivity contribution < 1.29 is 27.5 Å². The quantitative estimate of drug-likeness (QED) is 0.576. The number of piperidine rings is 1. The smallest absolute Gasteiger partial charge is 0.256 e. The molecule has 1 heterocycles. The van der Waals surface area contributed by atoms with E-state index in [1.54, 1.807) is 35.2 Å². The summed E-state index contributed by atoms with van der Waals surface area (Å²) in [6.45, 7) is 1.22. The molecule has 0 spiro atoms. The van der Waals surface area contributed by atoms with Gasteiger partial charge in [0.1, 0.15) is 0 Å². The lowest BCUT2D eigenvalue weighted by atomic mass is 10.1. The number of hydrogen-bond donors (Lipinski definition) is 2. The summed E-state index contributed by atoms with van der Waals surface area (Å²) in [6.07, 6.45) is 2.83. The van der Waals surface area contributed by atoms with Crippen LogP contribution in [-0.2, 0) is 14.8 Å². The topological polar surface area (TPSA) is 114 Å². The van der Waals surface area contributed by atoms with E-state index in [0.717, 1.165) is 19.3 Å². The zero-order chi connectivity index (χ0) is 23.8. The van der Waals surface area contributed by atoms with Gasteiger partial charge in [0.25, 0.3) is 5.91 Å². The van der Waals surface area contributed by atoms with E-state index in [0.29, 0.717) is 35.8 Å². The van der Waals surface area contributed by atoms with Gasteiger partial charge in [-0.05, 0) is 37.5 Å². The molecule has 0 unspecified atom stereocenters. The van der Waals surface area contributed by atoms with Gasteiger partial charge in [-0.2, -0.15) is 0 Å². The Labute approximate surface area is 194 Å². The van der Waals surface area contributed by atoms with Gasteiger partial charge in [-0.25, -0.2) is 13.1 Å². The predicted molar refractivity (Wildman–Crippen MR) is 124 cm³/mol. The van der Waals surface area contributed by atoms with E-state index < -0.39 is 15.9 Å². The summed E-state index contributed by atoms with van der Waals surface area (Å²) >= 11 is 0. The van der Waals surface area contributed by atoms with Crippen LogP contribution in [0.3, 0.4) is 0 Å². The molecule has 1 saturated heterocycles. The maximum Gasteiger partial charge on any atom is 0.256 e. The van der Waals surface area contributed by atoms with Crippen LogP contribution >= 0.6 is 0 Å². The van der Waals surface area contributed by atoms with E-state index in [2.05, 4.69) is 10.0 Å². The maximum atomic E-state index is 13.2. The van der Waals surface area contributed by atoms with Crippen molar-refractivity contribution in [3.63, 3.8) is 0 Å². The summed E-state index contributed by atoms with van der Waals surface area (Å²) in [4.78, 5) is 27.6. The fraction of sp³-hybridized carbons (Fsp3) is 0.391. The van der Waals surface area contributed by atoms with E-state index in [1.807, 2.05) is 0 Å². The Bertz CT molecular complexity index is 1080. The first-order valence-corrected chi connectivity index (χ1v) is 12.2. The van der Waals surface area contributed by atoms with E-state index in [1.165, 1.54) is 26.4 Å². The molecule has 0 bridgehead atoms. The normalized spacial score (nSPS) is 13.9. The Morgan fingerprint density at radius 1 is 0.970 bits per heavy atom. The summed E-state index contributed by atoms with van der Waals surface area (Å²) in [5.74, 6) is 0.112. The molecule has 0 aromatic heterocycles. The minimum absolute atomic E-state index is 0.0915. The van der Waals surface area contributed by atoms with Crippen LogP contribution in [0.5, 0.6) is 11.5 Å². The van der Waals surface area contributed by atoms with Crippen molar-refractivity contribution in [2.75, 3.05) is 39.2 Å². The van der Waals surface area contributed by atoms with E-state index in [4.69, 9.17) is 9.47 Å². The molecule has 178 valence electrons. The number of anilines is 1. The van der Waals surface area contributed by atoms with Gasteiger partial charge >= 0.3 is 0 Å². The van der Waals surface area contributed by atoms with Gasteiger partial charge in [0, 0.05) is 32.1 Å². The summed E-state index contributed by atoms with van der Waals surface area (Å²) in [5.41, 5.74) is 0.590. The van der Waals surface area contributed by atoms with Crippen LogP contribution in [0, 0.1) is 0 Å². The van der Waals surface area contributed by atoms with Crippen molar-refractivity contribution in [3.8, 4) is 11.5 Å². The standard InChI is InChI=1S/C23H29N3O6S/c1-31-20-15-18(23(28)26-13-7-4-8-14-26)19(16-21(20)32-2)25-22(27)11-12-24-33(29,30)17-9-5-3-6-10-17/h3,5-6,9-10,15-16,24H,4,7-8,11-14H2,1-2H3,(H,25,27). The Morgan fingerprint density at radius 2 is 1.61 bits per heavy atom. The number of methoxy groups -OCH3 is 2. The molecule has 0 saturated carbocycles. The van der Waals surface area contributed by atoms with Crippen LogP contribution in [0.25, 0.3) is 0 Å². The second-order valence-electron chi connectivity index (χ2n) is 7.61. The molecular formula is C23H29N3O6S. The average Bonchev–Trinajstić information content (AvgIpc) is 2.84. The highest BCUT2D eigenvalue weighted by atomic mass is 32.2. The van der Waals surface area contributed by atoms with E-state index in [-0.39, 0.29) is 23.8 Å². The van der Waals surface area contributed by atoms with Crippen molar-refractivity contribution in [3.05, 3.63) is 48.0 Å². The lowest BCUT2D eigenvalue weighted by Crippen LogP contribution is -2.36. The van der Waals surface area contributed by atoms with Gasteiger partial charge in [-0.3, -0.25) is 9.59 Å². The van der Waals surface area contributed by atoms with Crippen LogP contribution in [0.1, 0.15) is 36.0 Å². The minimum Gasteiger partial charge on any atom is -0.493 e. The zero-order valence-electron chi connectivity index (χ0n) is 18.8. The molecule has 2 amide bonds. The van der Waals surface area contributed by atoms with Crippen molar-refractivity contribution in [1.29, 1.82) is 0 Å². The largest absolute Gasteiger partial charge is 0.493 e. The Morgan fingerprint density at radius 3 is 2.24 bits per heavy atom. The van der Waals surface area contributed by atoms with Crippen molar-refractivity contribution in [2.45, 2.75) is 30.6 Å². The highest BCUT2D eigenvalue weighted by Crippen LogP contribution is 2.34. The third-order valence-electron chi connectivity index (χ3n) is 5.37. The molecule has 2 N–H and O–H groups in total.